The van der Waals surface area contributed by atoms with Crippen LogP contribution in [-0.2, 0) is 4.74 Å². The van der Waals surface area contributed by atoms with Gasteiger partial charge in [0.15, 0.2) is 0 Å². The molecule has 1 heterocycles. The van der Waals surface area contributed by atoms with Gasteiger partial charge in [-0.15, -0.1) is 0 Å². The highest BCUT2D eigenvalue weighted by Crippen LogP contribution is 2.14. The average molecular weight is 194 g/mol. The third-order valence-corrected chi connectivity index (χ3v) is 2.38. The van der Waals surface area contributed by atoms with Gasteiger partial charge in [-0.05, 0) is 12.8 Å². The summed E-state index contributed by atoms with van der Waals surface area (Å²) in [6, 6.07) is 0. The molecule has 1 aliphatic rings. The number of ether oxygens (including phenoxy) is 1. The summed E-state index contributed by atoms with van der Waals surface area (Å²) in [5, 5.41) is 3.25. The summed E-state index contributed by atoms with van der Waals surface area (Å²) in [4.78, 5) is 0.642. The van der Waals surface area contributed by atoms with Gasteiger partial charge in [0.2, 0.25) is 0 Å². The predicted octanol–water partition coefficient (Wildman–Crippen LogP) is 1.11. The first-order valence-electron chi connectivity index (χ1n) is 3.23. The molecule has 1 saturated heterocycles. The van der Waals surface area contributed by atoms with Crippen LogP contribution >= 0.6 is 15.9 Å². The molecule has 0 aromatic carbocycles. The van der Waals surface area contributed by atoms with E-state index in [2.05, 4.69) is 21.2 Å². The molecule has 2 nitrogen and oxygen atoms in total. The molecule has 0 amide bonds. The fourth-order valence-corrected chi connectivity index (χ4v) is 1.45. The van der Waals surface area contributed by atoms with Crippen LogP contribution < -0.4 is 5.32 Å². The van der Waals surface area contributed by atoms with Crippen molar-refractivity contribution in [3.63, 3.8) is 0 Å². The van der Waals surface area contributed by atoms with E-state index in [1.807, 2.05) is 0 Å². The Balaban J connectivity index is 2.18. The topological polar surface area (TPSA) is 21.3 Å². The van der Waals surface area contributed by atoms with E-state index in [4.69, 9.17) is 4.74 Å². The molecule has 0 saturated carbocycles. The molecule has 1 fully saturated rings. The number of rotatable bonds is 1. The summed E-state index contributed by atoms with van der Waals surface area (Å²) in [5.41, 5.74) is 0. The van der Waals surface area contributed by atoms with Gasteiger partial charge in [-0.1, -0.05) is 15.9 Å². The average Bonchev–Trinajstić information content (AvgIpc) is 1.90. The number of piperidine rings is 1. The number of nitrogens with one attached hydrogen (secondary N) is 1. The second-order valence-electron chi connectivity index (χ2n) is 2.31. The molecule has 2 unspecified atom stereocenters. The molecule has 0 aliphatic carbocycles. The zero-order valence-corrected chi connectivity index (χ0v) is 7.15. The van der Waals surface area contributed by atoms with Crippen LogP contribution in [0.1, 0.15) is 12.8 Å². The molecule has 9 heavy (non-hydrogen) atoms. The Labute approximate surface area is 64.1 Å². The van der Waals surface area contributed by atoms with Gasteiger partial charge < -0.3 is 4.74 Å². The number of halogens is 1. The van der Waals surface area contributed by atoms with Gasteiger partial charge >= 0.3 is 0 Å². The summed E-state index contributed by atoms with van der Waals surface area (Å²) in [5.74, 6) is 0. The van der Waals surface area contributed by atoms with Crippen LogP contribution in [0, 0.1) is 0 Å². The second-order valence-corrected chi connectivity index (χ2v) is 3.60. The molecule has 1 rings (SSSR count). The molecule has 0 aromatic rings. The Hall–Kier alpha value is 0.400. The fraction of sp³-hybridized carbons (Fsp3) is 1.00. The van der Waals surface area contributed by atoms with Crippen molar-refractivity contribution >= 4 is 15.9 Å². The Bertz CT molecular complexity index is 81.1. The van der Waals surface area contributed by atoms with Crippen molar-refractivity contribution in [1.29, 1.82) is 0 Å². The number of hydrogen-bond acceptors (Lipinski definition) is 2. The summed E-state index contributed by atoms with van der Waals surface area (Å²) in [6.07, 6.45) is 2.62. The lowest BCUT2D eigenvalue weighted by molar-refractivity contribution is 0.0541. The highest BCUT2D eigenvalue weighted by molar-refractivity contribution is 9.09. The molecule has 1 N–H and O–H groups in total. The minimum atomic E-state index is 0.291. The smallest absolute Gasteiger partial charge is 0.107 e. The van der Waals surface area contributed by atoms with Gasteiger partial charge in [-0.25, -0.2) is 0 Å². The molecule has 0 aromatic heterocycles. The second kappa shape index (κ2) is 3.54. The van der Waals surface area contributed by atoms with E-state index < -0.39 is 0 Å². The molecular weight excluding hydrogens is 182 g/mol. The van der Waals surface area contributed by atoms with Crippen molar-refractivity contribution in [1.82, 2.24) is 5.32 Å². The van der Waals surface area contributed by atoms with Crippen LogP contribution in [0.2, 0.25) is 0 Å². The number of alkyl halides is 1. The first-order valence-corrected chi connectivity index (χ1v) is 4.14. The fourth-order valence-electron chi connectivity index (χ4n) is 0.997. The van der Waals surface area contributed by atoms with Crippen molar-refractivity contribution in [2.24, 2.45) is 0 Å². The first kappa shape index (κ1) is 7.51. The van der Waals surface area contributed by atoms with Gasteiger partial charge in [0.05, 0.1) is 0 Å². The number of methoxy groups -OCH3 is 1. The standard InChI is InChI=1S/C6H12BrNO/c1-9-6-3-2-5(7)4-8-6/h5-6,8H,2-4H2,1H3. The van der Waals surface area contributed by atoms with Crippen molar-refractivity contribution < 1.29 is 4.74 Å². The maximum atomic E-state index is 5.11. The van der Waals surface area contributed by atoms with Crippen LogP contribution in [0.4, 0.5) is 0 Å². The van der Waals surface area contributed by atoms with E-state index in [1.165, 1.54) is 6.42 Å². The van der Waals surface area contributed by atoms with Crippen molar-refractivity contribution in [3.8, 4) is 0 Å². The molecule has 54 valence electrons. The predicted molar refractivity (Wildman–Crippen MR) is 40.7 cm³/mol. The summed E-state index contributed by atoms with van der Waals surface area (Å²) >= 11 is 3.53. The van der Waals surface area contributed by atoms with Crippen LogP contribution in [-0.4, -0.2) is 24.7 Å². The van der Waals surface area contributed by atoms with E-state index in [9.17, 15) is 0 Å². The molecule has 1 aliphatic heterocycles. The lowest BCUT2D eigenvalue weighted by atomic mass is 10.1. The Morgan fingerprint density at radius 2 is 2.33 bits per heavy atom. The van der Waals surface area contributed by atoms with Gasteiger partial charge in [0.1, 0.15) is 6.23 Å². The highest BCUT2D eigenvalue weighted by Gasteiger charge is 2.16. The van der Waals surface area contributed by atoms with E-state index in [1.54, 1.807) is 7.11 Å². The third-order valence-electron chi connectivity index (χ3n) is 1.59. The quantitative estimate of drug-likeness (QED) is 0.631. The van der Waals surface area contributed by atoms with E-state index in [-0.39, 0.29) is 0 Å². The van der Waals surface area contributed by atoms with Crippen LogP contribution in [0.3, 0.4) is 0 Å². The Morgan fingerprint density at radius 1 is 1.56 bits per heavy atom. The molecule has 2 atom stereocenters. The van der Waals surface area contributed by atoms with Gasteiger partial charge in [0.25, 0.3) is 0 Å². The van der Waals surface area contributed by atoms with Gasteiger partial charge in [-0.3, -0.25) is 5.32 Å². The molecule has 0 spiro atoms. The maximum Gasteiger partial charge on any atom is 0.107 e. The molecule has 0 radical (unpaired) electrons. The van der Waals surface area contributed by atoms with Crippen LogP contribution in [0.15, 0.2) is 0 Å². The summed E-state index contributed by atoms with van der Waals surface area (Å²) in [6.45, 7) is 1.03. The maximum absolute atomic E-state index is 5.11. The van der Waals surface area contributed by atoms with E-state index in [0.717, 1.165) is 13.0 Å². The van der Waals surface area contributed by atoms with Crippen molar-refractivity contribution in [2.45, 2.75) is 23.9 Å². The third kappa shape index (κ3) is 2.24. The zero-order chi connectivity index (χ0) is 6.69. The lowest BCUT2D eigenvalue weighted by Gasteiger charge is -2.25. The van der Waals surface area contributed by atoms with E-state index >= 15 is 0 Å². The normalized spacial score (nSPS) is 36.7. The zero-order valence-electron chi connectivity index (χ0n) is 5.56. The van der Waals surface area contributed by atoms with Crippen molar-refractivity contribution in [3.05, 3.63) is 0 Å². The number of hydrogen-bond donors (Lipinski definition) is 1. The molecular formula is C6H12BrNO. The minimum Gasteiger partial charge on any atom is -0.367 e. The SMILES string of the molecule is COC1CCC(Br)CN1. The first-order chi connectivity index (χ1) is 4.33. The summed E-state index contributed by atoms with van der Waals surface area (Å²) < 4.78 is 5.11. The molecule has 3 heteroatoms. The largest absolute Gasteiger partial charge is 0.367 e. The Morgan fingerprint density at radius 3 is 2.78 bits per heavy atom. The minimum absolute atomic E-state index is 0.291. The van der Waals surface area contributed by atoms with Gasteiger partial charge in [0, 0.05) is 18.5 Å². The molecule has 0 bridgehead atoms. The highest BCUT2D eigenvalue weighted by atomic mass is 79.9. The monoisotopic (exact) mass is 193 g/mol. The summed E-state index contributed by atoms with van der Waals surface area (Å²) in [7, 11) is 1.74. The van der Waals surface area contributed by atoms with E-state index in [0.29, 0.717) is 11.1 Å². The van der Waals surface area contributed by atoms with Crippen LogP contribution in [0.5, 0.6) is 0 Å². The van der Waals surface area contributed by atoms with Crippen LogP contribution in [0.25, 0.3) is 0 Å². The lowest BCUT2D eigenvalue weighted by Crippen LogP contribution is -2.40. The van der Waals surface area contributed by atoms with Gasteiger partial charge in [-0.2, -0.15) is 0 Å². The Kier molecular flexibility index (Phi) is 2.95. The van der Waals surface area contributed by atoms with Crippen molar-refractivity contribution in [2.75, 3.05) is 13.7 Å².